The molecule has 304 valence electrons. The Morgan fingerprint density at radius 3 is 0.736 bits per heavy atom. The summed E-state index contributed by atoms with van der Waals surface area (Å²) < 4.78 is 2.84. The Morgan fingerprint density at radius 2 is 0.585 bits per heavy atom. The lowest BCUT2D eigenvalue weighted by atomic mass is 10.1. The van der Waals surface area contributed by atoms with Crippen LogP contribution >= 0.6 is 11.8 Å². The van der Waals surface area contributed by atoms with Crippen molar-refractivity contribution in [1.29, 1.82) is 0 Å². The van der Waals surface area contributed by atoms with Crippen molar-refractivity contribution in [2.45, 2.75) is 168 Å². The quantitative estimate of drug-likeness (QED) is 0.0845. The molecule has 53 heavy (non-hydrogen) atoms. The summed E-state index contributed by atoms with van der Waals surface area (Å²) in [6.07, 6.45) is 22.1. The molecule has 0 atom stereocenters. The van der Waals surface area contributed by atoms with E-state index in [9.17, 15) is 9.59 Å². The molecular weight excluding hydrogens is 677 g/mol. The van der Waals surface area contributed by atoms with Gasteiger partial charge >= 0.3 is 11.9 Å². The molecule has 2 aromatic rings. The number of carboxylic acids is 2. The van der Waals surface area contributed by atoms with E-state index in [0.29, 0.717) is 0 Å². The van der Waals surface area contributed by atoms with E-state index in [4.69, 9.17) is 10.2 Å². The van der Waals surface area contributed by atoms with Gasteiger partial charge in [0, 0.05) is 9.79 Å². The molecule has 2 N–H and O–H groups in total. The molecule has 0 aliphatic carbocycles. The van der Waals surface area contributed by atoms with Gasteiger partial charge < -0.3 is 19.2 Å². The molecule has 0 spiro atoms. The van der Waals surface area contributed by atoms with Crippen LogP contribution in [0.5, 0.6) is 0 Å². The molecule has 0 bridgehead atoms. The maximum atomic E-state index is 10.7. The molecule has 0 saturated carbocycles. The van der Waals surface area contributed by atoms with Gasteiger partial charge in [0.2, 0.25) is 0 Å². The lowest BCUT2D eigenvalue weighted by Crippen LogP contribution is -2.50. The fraction of sp³-hybridized carbons (Fsp3) is 0.696. The lowest BCUT2D eigenvalue weighted by Gasteiger charge is -2.39. The molecule has 0 fully saturated rings. The van der Waals surface area contributed by atoms with Gasteiger partial charge in [-0.2, -0.15) is 0 Å². The second kappa shape index (κ2) is 31.9. The van der Waals surface area contributed by atoms with Crippen molar-refractivity contribution in [3.63, 3.8) is 0 Å². The normalized spacial score (nSPS) is 11.3. The molecule has 0 aliphatic rings. The predicted molar refractivity (Wildman–Crippen MR) is 230 cm³/mol. The number of carboxylic acid groups (broad SMARTS) is 2. The molecule has 0 unspecified atom stereocenters. The zero-order chi connectivity index (χ0) is 39.8. The van der Waals surface area contributed by atoms with Crippen molar-refractivity contribution >= 4 is 23.7 Å². The smallest absolute Gasteiger partial charge is 0.335 e. The predicted octanol–water partition coefficient (Wildman–Crippen LogP) is 13.2. The van der Waals surface area contributed by atoms with Gasteiger partial charge in [0.1, 0.15) is 0 Å². The van der Waals surface area contributed by atoms with E-state index < -0.39 is 11.9 Å². The van der Waals surface area contributed by atoms with E-state index >= 15 is 0 Å². The third kappa shape index (κ3) is 23.2. The molecule has 0 aliphatic heterocycles. The largest absolute Gasteiger partial charge is 0.478 e. The van der Waals surface area contributed by atoms with Gasteiger partial charge in [-0.3, -0.25) is 0 Å². The van der Waals surface area contributed by atoms with Crippen LogP contribution in [0.3, 0.4) is 0 Å². The Kier molecular flexibility index (Phi) is 30.5. The van der Waals surface area contributed by atoms with E-state index in [1.165, 1.54) is 200 Å². The topological polar surface area (TPSA) is 74.6 Å². The minimum Gasteiger partial charge on any atom is -0.478 e. The maximum Gasteiger partial charge on any atom is 0.335 e. The third-order valence-corrected chi connectivity index (χ3v) is 11.3. The van der Waals surface area contributed by atoms with Gasteiger partial charge in [-0.1, -0.05) is 119 Å². The number of aromatic carboxylic acids is 2. The van der Waals surface area contributed by atoms with E-state index in [1.54, 1.807) is 24.3 Å². The number of hydrogen-bond donors (Lipinski definition) is 2. The fourth-order valence-electron chi connectivity index (χ4n) is 6.76. The second-order valence-electron chi connectivity index (χ2n) is 15.1. The van der Waals surface area contributed by atoms with Gasteiger partial charge in [-0.15, -0.1) is 0 Å². The lowest BCUT2D eigenvalue weighted by molar-refractivity contribution is -0.929. The molecule has 0 radical (unpaired) electrons. The summed E-state index contributed by atoms with van der Waals surface area (Å²) in [6.45, 7) is 30.0. The third-order valence-electron chi connectivity index (χ3n) is 10.3. The minimum atomic E-state index is -0.956. The molecule has 0 heterocycles. The first-order valence-corrected chi connectivity index (χ1v) is 22.4. The average Bonchev–Trinajstić information content (AvgIpc) is 3.17. The van der Waals surface area contributed by atoms with Gasteiger partial charge in [0.15, 0.2) is 0 Å². The number of unbranched alkanes of at least 4 members (excludes halogenated alkanes) is 8. The first-order chi connectivity index (χ1) is 25.5. The highest BCUT2D eigenvalue weighted by molar-refractivity contribution is 7.99. The van der Waals surface area contributed by atoms with Crippen molar-refractivity contribution < 1.29 is 28.8 Å². The summed E-state index contributed by atoms with van der Waals surface area (Å²) in [6, 6.07) is 13.0. The molecule has 0 saturated heterocycles. The number of nitrogens with zero attached hydrogens (tertiary/aromatic N) is 2. The first-order valence-electron chi connectivity index (χ1n) is 21.6. The van der Waals surface area contributed by atoms with Crippen LogP contribution in [0.1, 0.15) is 179 Å². The zero-order valence-corrected chi connectivity index (χ0v) is 36.4. The first kappa shape index (κ1) is 50.6. The van der Waals surface area contributed by atoms with Gasteiger partial charge in [0.05, 0.1) is 63.5 Å². The Balaban J connectivity index is 0.000000768. The Bertz CT molecular complexity index is 1000. The molecule has 2 rings (SSSR count). The SMILES string of the molecule is CCCC[N+](CCCC)(CCCC)CCCC.CCCC[N+](CCCC)(CCCC)CCCC.O=C(O)c1ccc(Sc2ccc(C(=O)O)cc2)cc1. The molecule has 2 aromatic carbocycles. The number of benzene rings is 2. The van der Waals surface area contributed by atoms with Crippen LogP contribution in [0, 0.1) is 0 Å². The Morgan fingerprint density at radius 1 is 0.396 bits per heavy atom. The van der Waals surface area contributed by atoms with E-state index in [2.05, 4.69) is 55.4 Å². The second-order valence-corrected chi connectivity index (χ2v) is 16.2. The van der Waals surface area contributed by atoms with Crippen molar-refractivity contribution in [1.82, 2.24) is 0 Å². The molecule has 0 aromatic heterocycles. The van der Waals surface area contributed by atoms with E-state index in [0.717, 1.165) is 9.79 Å². The van der Waals surface area contributed by atoms with E-state index in [1.807, 2.05) is 0 Å². The summed E-state index contributed by atoms with van der Waals surface area (Å²) in [7, 11) is 0. The van der Waals surface area contributed by atoms with Crippen molar-refractivity contribution in [3.8, 4) is 0 Å². The highest BCUT2D eigenvalue weighted by atomic mass is 32.2. The minimum absolute atomic E-state index is 0.241. The van der Waals surface area contributed by atoms with Crippen LogP contribution in [0.25, 0.3) is 0 Å². The zero-order valence-electron chi connectivity index (χ0n) is 35.6. The van der Waals surface area contributed by atoms with Crippen molar-refractivity contribution in [3.05, 3.63) is 59.7 Å². The van der Waals surface area contributed by atoms with Crippen LogP contribution in [0.2, 0.25) is 0 Å². The summed E-state index contributed by atoms with van der Waals surface area (Å²) in [5.41, 5.74) is 0.483. The van der Waals surface area contributed by atoms with Crippen molar-refractivity contribution in [2.24, 2.45) is 0 Å². The fourth-order valence-corrected chi connectivity index (χ4v) is 7.57. The average molecular weight is 759 g/mol. The summed E-state index contributed by atoms with van der Waals surface area (Å²) in [5.74, 6) is -1.91. The molecule has 6 nitrogen and oxygen atoms in total. The molecular formula is C46H82N2O4S+2. The summed E-state index contributed by atoms with van der Waals surface area (Å²) in [4.78, 5) is 23.2. The standard InChI is InChI=1S/2C16H36N.C14H10O4S/c2*1-5-9-13-17(14-10-6-2,15-11-7-3)16-12-8-4;15-13(16)9-1-5-11(6-2-9)19-12-7-3-10(4-8-12)14(17)18/h2*5-16H2,1-4H3;1-8H,(H,15,16)(H,17,18)/q2*+1;. The number of rotatable bonds is 28. The van der Waals surface area contributed by atoms with Crippen LogP contribution in [0.15, 0.2) is 58.3 Å². The number of hydrogen-bond acceptors (Lipinski definition) is 3. The number of quaternary nitrogens is 2. The number of carbonyl (C=O) groups is 2. The maximum absolute atomic E-state index is 10.7. The highest BCUT2D eigenvalue weighted by Crippen LogP contribution is 2.28. The van der Waals surface area contributed by atoms with Crippen LogP contribution in [-0.4, -0.2) is 83.5 Å². The Labute approximate surface area is 331 Å². The van der Waals surface area contributed by atoms with Crippen molar-refractivity contribution in [2.75, 3.05) is 52.4 Å². The van der Waals surface area contributed by atoms with Crippen LogP contribution in [-0.2, 0) is 0 Å². The van der Waals surface area contributed by atoms with Crippen LogP contribution in [0.4, 0.5) is 0 Å². The van der Waals surface area contributed by atoms with Gasteiger partial charge in [0.25, 0.3) is 0 Å². The van der Waals surface area contributed by atoms with Crippen LogP contribution < -0.4 is 0 Å². The van der Waals surface area contributed by atoms with E-state index in [-0.39, 0.29) is 11.1 Å². The molecule has 7 heteroatoms. The Hall–Kier alpha value is -2.35. The highest BCUT2D eigenvalue weighted by Gasteiger charge is 2.25. The summed E-state index contributed by atoms with van der Waals surface area (Å²) >= 11 is 1.44. The molecule has 0 amide bonds. The van der Waals surface area contributed by atoms with Gasteiger partial charge in [-0.25, -0.2) is 9.59 Å². The monoisotopic (exact) mass is 759 g/mol. The van der Waals surface area contributed by atoms with Gasteiger partial charge in [-0.05, 0) is 99.9 Å². The summed E-state index contributed by atoms with van der Waals surface area (Å²) in [5, 5.41) is 17.6.